The van der Waals surface area contributed by atoms with Crippen molar-refractivity contribution in [3.8, 4) is 0 Å². The van der Waals surface area contributed by atoms with Gasteiger partial charge in [0.1, 0.15) is 0 Å². The molecule has 1 aromatic heterocycles. The van der Waals surface area contributed by atoms with Crippen molar-refractivity contribution in [2.24, 2.45) is 0 Å². The summed E-state index contributed by atoms with van der Waals surface area (Å²) >= 11 is 0. The van der Waals surface area contributed by atoms with Gasteiger partial charge in [-0.2, -0.15) is 0 Å². The highest BCUT2D eigenvalue weighted by Crippen LogP contribution is 2.12. The summed E-state index contributed by atoms with van der Waals surface area (Å²) in [4.78, 5) is 0. The molecular formula is C9H18N4O. The third-order valence-electron chi connectivity index (χ3n) is 1.85. The predicted molar refractivity (Wildman–Crippen MR) is 55.2 cm³/mol. The fourth-order valence-electron chi connectivity index (χ4n) is 1.11. The molecule has 14 heavy (non-hydrogen) atoms. The van der Waals surface area contributed by atoms with Crippen molar-refractivity contribution < 1.29 is 4.42 Å². The van der Waals surface area contributed by atoms with Crippen LogP contribution in [0.1, 0.15) is 39.1 Å². The van der Waals surface area contributed by atoms with E-state index in [4.69, 9.17) is 4.42 Å². The first-order valence-electron chi connectivity index (χ1n) is 5.08. The van der Waals surface area contributed by atoms with Crippen LogP contribution >= 0.6 is 0 Å². The molecule has 1 rings (SSSR count). The molecule has 1 unspecified atom stereocenters. The standard InChI is InChI=1S/C9H18N4O/c1-4-6-11-9-13-12-8(14-9)7(3)10-5-2/h7,10H,4-6H2,1-3H3,(H,11,13). The Bertz CT molecular complexity index is 261. The lowest BCUT2D eigenvalue weighted by Gasteiger charge is -2.05. The first-order chi connectivity index (χ1) is 6.77. The number of rotatable bonds is 6. The minimum Gasteiger partial charge on any atom is -0.406 e. The maximum Gasteiger partial charge on any atom is 0.315 e. The van der Waals surface area contributed by atoms with Crippen LogP contribution in [-0.4, -0.2) is 23.3 Å². The van der Waals surface area contributed by atoms with Crippen LogP contribution in [0.2, 0.25) is 0 Å². The van der Waals surface area contributed by atoms with Gasteiger partial charge in [0.05, 0.1) is 6.04 Å². The van der Waals surface area contributed by atoms with Crippen LogP contribution in [0.15, 0.2) is 4.42 Å². The zero-order valence-corrected chi connectivity index (χ0v) is 9.00. The maximum absolute atomic E-state index is 5.40. The predicted octanol–water partition coefficient (Wildman–Crippen LogP) is 1.56. The van der Waals surface area contributed by atoms with Crippen molar-refractivity contribution >= 4 is 6.01 Å². The van der Waals surface area contributed by atoms with Crippen LogP contribution in [0.25, 0.3) is 0 Å². The highest BCUT2D eigenvalue weighted by molar-refractivity contribution is 5.16. The zero-order valence-electron chi connectivity index (χ0n) is 9.00. The number of nitrogens with one attached hydrogen (secondary N) is 2. The van der Waals surface area contributed by atoms with E-state index >= 15 is 0 Å². The number of hydrogen-bond acceptors (Lipinski definition) is 5. The first kappa shape index (κ1) is 11.0. The Kier molecular flexibility index (Phi) is 4.39. The lowest BCUT2D eigenvalue weighted by molar-refractivity contribution is 0.429. The molecule has 0 aliphatic heterocycles. The number of hydrogen-bond donors (Lipinski definition) is 2. The minimum atomic E-state index is 0.115. The molecule has 0 aliphatic carbocycles. The van der Waals surface area contributed by atoms with E-state index in [9.17, 15) is 0 Å². The van der Waals surface area contributed by atoms with Crippen molar-refractivity contribution in [2.75, 3.05) is 18.4 Å². The van der Waals surface area contributed by atoms with Gasteiger partial charge in [0.25, 0.3) is 0 Å². The summed E-state index contributed by atoms with van der Waals surface area (Å²) in [5.41, 5.74) is 0. The summed E-state index contributed by atoms with van der Waals surface area (Å²) in [6, 6.07) is 0.622. The minimum absolute atomic E-state index is 0.115. The van der Waals surface area contributed by atoms with E-state index in [2.05, 4.69) is 27.8 Å². The van der Waals surface area contributed by atoms with E-state index in [-0.39, 0.29) is 6.04 Å². The molecule has 1 aromatic rings. The van der Waals surface area contributed by atoms with E-state index in [0.717, 1.165) is 19.5 Å². The second-order valence-electron chi connectivity index (χ2n) is 3.15. The van der Waals surface area contributed by atoms with Gasteiger partial charge in [0.2, 0.25) is 5.89 Å². The SMILES string of the molecule is CCCNc1nnc(C(C)NCC)o1. The fraction of sp³-hybridized carbons (Fsp3) is 0.778. The summed E-state index contributed by atoms with van der Waals surface area (Å²) < 4.78 is 5.40. The Morgan fingerprint density at radius 2 is 2.14 bits per heavy atom. The molecule has 0 bridgehead atoms. The molecular weight excluding hydrogens is 180 g/mol. The topological polar surface area (TPSA) is 63.0 Å². The van der Waals surface area contributed by atoms with Crippen molar-refractivity contribution in [1.82, 2.24) is 15.5 Å². The van der Waals surface area contributed by atoms with Gasteiger partial charge in [-0.3, -0.25) is 0 Å². The molecule has 0 fully saturated rings. The summed E-state index contributed by atoms with van der Waals surface area (Å²) in [7, 11) is 0. The Morgan fingerprint density at radius 3 is 2.79 bits per heavy atom. The normalized spacial score (nSPS) is 12.8. The molecule has 5 heteroatoms. The monoisotopic (exact) mass is 198 g/mol. The third-order valence-corrected chi connectivity index (χ3v) is 1.85. The molecule has 0 aromatic carbocycles. The molecule has 0 amide bonds. The Labute approximate surface area is 84.3 Å². The molecule has 5 nitrogen and oxygen atoms in total. The highest BCUT2D eigenvalue weighted by Gasteiger charge is 2.11. The van der Waals surface area contributed by atoms with Crippen LogP contribution in [-0.2, 0) is 0 Å². The Morgan fingerprint density at radius 1 is 1.36 bits per heavy atom. The van der Waals surface area contributed by atoms with Gasteiger partial charge in [0, 0.05) is 6.54 Å². The Hall–Kier alpha value is -1.10. The van der Waals surface area contributed by atoms with Crippen LogP contribution in [0.5, 0.6) is 0 Å². The molecule has 2 N–H and O–H groups in total. The summed E-state index contributed by atoms with van der Waals surface area (Å²) in [6.07, 6.45) is 1.04. The van der Waals surface area contributed by atoms with Crippen LogP contribution in [0.3, 0.4) is 0 Å². The Balaban J connectivity index is 2.49. The fourth-order valence-corrected chi connectivity index (χ4v) is 1.11. The largest absolute Gasteiger partial charge is 0.406 e. The van der Waals surface area contributed by atoms with Crippen molar-refractivity contribution in [2.45, 2.75) is 33.2 Å². The second-order valence-corrected chi connectivity index (χ2v) is 3.15. The summed E-state index contributed by atoms with van der Waals surface area (Å²) in [6.45, 7) is 7.88. The lowest BCUT2D eigenvalue weighted by atomic mass is 10.3. The molecule has 1 atom stereocenters. The molecule has 1 heterocycles. The number of aromatic nitrogens is 2. The van der Waals surface area contributed by atoms with Crippen molar-refractivity contribution in [1.29, 1.82) is 0 Å². The molecule has 0 spiro atoms. The highest BCUT2D eigenvalue weighted by atomic mass is 16.4. The molecule has 0 saturated heterocycles. The van der Waals surface area contributed by atoms with Gasteiger partial charge in [-0.05, 0) is 19.9 Å². The van der Waals surface area contributed by atoms with Gasteiger partial charge in [-0.15, -0.1) is 5.10 Å². The van der Waals surface area contributed by atoms with Crippen molar-refractivity contribution in [3.05, 3.63) is 5.89 Å². The van der Waals surface area contributed by atoms with E-state index in [1.165, 1.54) is 0 Å². The second kappa shape index (κ2) is 5.59. The quantitative estimate of drug-likeness (QED) is 0.726. The van der Waals surface area contributed by atoms with Gasteiger partial charge < -0.3 is 15.1 Å². The zero-order chi connectivity index (χ0) is 10.4. The average Bonchev–Trinajstić information content (AvgIpc) is 2.63. The number of nitrogens with zero attached hydrogens (tertiary/aromatic N) is 2. The van der Waals surface area contributed by atoms with Gasteiger partial charge in [-0.25, -0.2) is 0 Å². The molecule has 0 saturated carbocycles. The molecule has 0 aliphatic rings. The van der Waals surface area contributed by atoms with E-state index < -0.39 is 0 Å². The van der Waals surface area contributed by atoms with Crippen molar-refractivity contribution in [3.63, 3.8) is 0 Å². The maximum atomic E-state index is 5.40. The lowest BCUT2D eigenvalue weighted by Crippen LogP contribution is -2.17. The van der Waals surface area contributed by atoms with Gasteiger partial charge in [-0.1, -0.05) is 18.9 Å². The summed E-state index contributed by atoms with van der Waals surface area (Å²) in [5.74, 6) is 0.630. The van der Waals surface area contributed by atoms with Crippen LogP contribution < -0.4 is 10.6 Å². The van der Waals surface area contributed by atoms with Crippen LogP contribution in [0.4, 0.5) is 6.01 Å². The summed E-state index contributed by atoms with van der Waals surface area (Å²) in [5, 5.41) is 14.1. The van der Waals surface area contributed by atoms with E-state index in [0.29, 0.717) is 11.9 Å². The molecule has 80 valence electrons. The average molecular weight is 198 g/mol. The van der Waals surface area contributed by atoms with Gasteiger partial charge >= 0.3 is 6.01 Å². The first-order valence-corrected chi connectivity index (χ1v) is 5.08. The van der Waals surface area contributed by atoms with E-state index in [1.807, 2.05) is 13.8 Å². The number of anilines is 1. The van der Waals surface area contributed by atoms with E-state index in [1.54, 1.807) is 0 Å². The third kappa shape index (κ3) is 2.99. The molecule has 0 radical (unpaired) electrons. The van der Waals surface area contributed by atoms with Crippen LogP contribution in [0, 0.1) is 0 Å². The smallest absolute Gasteiger partial charge is 0.315 e. The van der Waals surface area contributed by atoms with Gasteiger partial charge in [0.15, 0.2) is 0 Å².